The first-order chi connectivity index (χ1) is 13.5. The van der Waals surface area contributed by atoms with Gasteiger partial charge in [0.2, 0.25) is 0 Å². The van der Waals surface area contributed by atoms with Gasteiger partial charge in [0, 0.05) is 5.92 Å². The van der Waals surface area contributed by atoms with Crippen LogP contribution in [-0.4, -0.2) is 21.7 Å². The lowest BCUT2D eigenvalue weighted by atomic mass is 9.89. The number of nitrogens with zero attached hydrogens (tertiary/aromatic N) is 1. The van der Waals surface area contributed by atoms with Crippen molar-refractivity contribution in [2.24, 2.45) is 5.92 Å². The minimum absolute atomic E-state index is 0.155. The normalized spacial score (nSPS) is 17.2. The fourth-order valence-electron chi connectivity index (χ4n) is 3.76. The number of Topliss-reactive ketones (excluding diaryl/α,β-unsaturated/α-hetero) is 1. The zero-order chi connectivity index (χ0) is 19.8. The number of hydrogen-bond donors (Lipinski definition) is 1. The Bertz CT molecular complexity index is 1070. The lowest BCUT2D eigenvalue weighted by Crippen LogP contribution is -2.31. The molecule has 0 fully saturated rings. The molecule has 142 valence electrons. The van der Waals surface area contributed by atoms with E-state index in [2.05, 4.69) is 0 Å². The van der Waals surface area contributed by atoms with E-state index < -0.39 is 17.7 Å². The molecule has 2 aromatic carbocycles. The number of furan rings is 1. The predicted molar refractivity (Wildman–Crippen MR) is 105 cm³/mol. The summed E-state index contributed by atoms with van der Waals surface area (Å²) in [6.45, 7) is 3.70. The topological polar surface area (TPSA) is 70.8 Å². The summed E-state index contributed by atoms with van der Waals surface area (Å²) in [5.41, 5.74) is 0.967. The van der Waals surface area contributed by atoms with Gasteiger partial charge in [-0.2, -0.15) is 0 Å². The van der Waals surface area contributed by atoms with Crippen LogP contribution in [0.2, 0.25) is 0 Å². The smallest absolute Gasteiger partial charge is 0.290 e. The summed E-state index contributed by atoms with van der Waals surface area (Å²) in [6.07, 6.45) is 1.54. The van der Waals surface area contributed by atoms with Crippen molar-refractivity contribution in [1.82, 2.24) is 4.90 Å². The van der Waals surface area contributed by atoms with Crippen LogP contribution in [-0.2, 0) is 16.1 Å². The maximum Gasteiger partial charge on any atom is 0.290 e. The van der Waals surface area contributed by atoms with Crippen LogP contribution in [0.25, 0.3) is 10.8 Å². The molecule has 0 saturated heterocycles. The summed E-state index contributed by atoms with van der Waals surface area (Å²) in [7, 11) is 0. The zero-order valence-electron chi connectivity index (χ0n) is 15.8. The Balaban J connectivity index is 1.91. The molecule has 1 atom stereocenters. The van der Waals surface area contributed by atoms with Crippen LogP contribution in [0.3, 0.4) is 0 Å². The van der Waals surface area contributed by atoms with Gasteiger partial charge < -0.3 is 14.4 Å². The Morgan fingerprint density at radius 3 is 2.57 bits per heavy atom. The Morgan fingerprint density at radius 1 is 1.11 bits per heavy atom. The molecule has 1 aliphatic rings. The molecule has 0 bridgehead atoms. The molecular formula is C23H21NO4. The molecule has 1 unspecified atom stereocenters. The number of benzene rings is 2. The van der Waals surface area contributed by atoms with Crippen LogP contribution < -0.4 is 0 Å². The molecular weight excluding hydrogens is 354 g/mol. The van der Waals surface area contributed by atoms with Gasteiger partial charge in [-0.25, -0.2) is 0 Å². The van der Waals surface area contributed by atoms with Crippen LogP contribution in [0, 0.1) is 5.92 Å². The third kappa shape index (κ3) is 2.89. The van der Waals surface area contributed by atoms with Crippen LogP contribution in [0.1, 0.15) is 31.2 Å². The van der Waals surface area contributed by atoms with Crippen molar-refractivity contribution in [3.63, 3.8) is 0 Å². The van der Waals surface area contributed by atoms with Crippen molar-refractivity contribution in [1.29, 1.82) is 0 Å². The Morgan fingerprint density at radius 2 is 1.86 bits per heavy atom. The lowest BCUT2D eigenvalue weighted by Gasteiger charge is -2.27. The fourth-order valence-corrected chi connectivity index (χ4v) is 3.76. The Hall–Kier alpha value is -3.34. The summed E-state index contributed by atoms with van der Waals surface area (Å²) in [6, 6.07) is 16.5. The molecule has 2 heterocycles. The highest BCUT2D eigenvalue weighted by Crippen LogP contribution is 2.42. The van der Waals surface area contributed by atoms with E-state index in [1.807, 2.05) is 42.5 Å². The standard InChI is InChI=1S/C23H21NO4/c1-14(2)21(25)19-20(18-11-5-8-15-7-3-4-10-17(15)18)24(23(27)22(19)26)13-16-9-6-12-28-16/h3-12,14,20,26H,13H2,1-2H3. The van der Waals surface area contributed by atoms with E-state index in [0.29, 0.717) is 5.76 Å². The maximum absolute atomic E-state index is 12.9. The molecule has 1 amide bonds. The third-order valence-corrected chi connectivity index (χ3v) is 5.12. The zero-order valence-corrected chi connectivity index (χ0v) is 15.8. The van der Waals surface area contributed by atoms with Crippen LogP contribution in [0.5, 0.6) is 0 Å². The molecule has 0 spiro atoms. The molecule has 3 aromatic rings. The molecule has 1 N–H and O–H groups in total. The second kappa shape index (κ2) is 7.00. The summed E-state index contributed by atoms with van der Waals surface area (Å²) in [5, 5.41) is 12.6. The Labute approximate surface area is 162 Å². The molecule has 28 heavy (non-hydrogen) atoms. The summed E-state index contributed by atoms with van der Waals surface area (Å²) < 4.78 is 5.41. The highest BCUT2D eigenvalue weighted by molar-refractivity contribution is 6.10. The van der Waals surface area contributed by atoms with E-state index in [1.165, 1.54) is 11.2 Å². The maximum atomic E-state index is 12.9. The van der Waals surface area contributed by atoms with E-state index in [-0.39, 0.29) is 23.8 Å². The van der Waals surface area contributed by atoms with Crippen molar-refractivity contribution in [3.05, 3.63) is 83.5 Å². The number of fused-ring (bicyclic) bond motifs is 1. The van der Waals surface area contributed by atoms with Gasteiger partial charge in [0.25, 0.3) is 5.91 Å². The first kappa shape index (κ1) is 18.0. The molecule has 5 heteroatoms. The third-order valence-electron chi connectivity index (χ3n) is 5.12. The minimum atomic E-state index is -0.668. The van der Waals surface area contributed by atoms with Crippen molar-refractivity contribution in [2.75, 3.05) is 0 Å². The van der Waals surface area contributed by atoms with Gasteiger partial charge in [-0.3, -0.25) is 9.59 Å². The average Bonchev–Trinajstić information content (AvgIpc) is 3.29. The fraction of sp³-hybridized carbons (Fsp3) is 0.217. The quantitative estimate of drug-likeness (QED) is 0.710. The van der Waals surface area contributed by atoms with Gasteiger partial charge in [-0.15, -0.1) is 0 Å². The summed E-state index contributed by atoms with van der Waals surface area (Å²) >= 11 is 0. The average molecular weight is 375 g/mol. The van der Waals surface area contributed by atoms with E-state index in [1.54, 1.807) is 26.0 Å². The Kier molecular flexibility index (Phi) is 4.51. The second-order valence-electron chi connectivity index (χ2n) is 7.26. The molecule has 1 aromatic heterocycles. The van der Waals surface area contributed by atoms with E-state index in [9.17, 15) is 14.7 Å². The van der Waals surface area contributed by atoms with Gasteiger partial charge >= 0.3 is 0 Å². The number of carbonyl (C=O) groups is 2. The molecule has 0 radical (unpaired) electrons. The van der Waals surface area contributed by atoms with Gasteiger partial charge in [0.15, 0.2) is 11.5 Å². The second-order valence-corrected chi connectivity index (χ2v) is 7.26. The first-order valence-corrected chi connectivity index (χ1v) is 9.27. The number of aliphatic hydroxyl groups excluding tert-OH is 1. The van der Waals surface area contributed by atoms with Crippen LogP contribution >= 0.6 is 0 Å². The van der Waals surface area contributed by atoms with Crippen LogP contribution in [0.15, 0.2) is 76.6 Å². The lowest BCUT2D eigenvalue weighted by molar-refractivity contribution is -0.130. The number of carbonyl (C=O) groups excluding carboxylic acids is 2. The van der Waals surface area contributed by atoms with E-state index in [4.69, 9.17) is 4.42 Å². The number of ketones is 1. The highest BCUT2D eigenvalue weighted by Gasteiger charge is 2.44. The minimum Gasteiger partial charge on any atom is -0.503 e. The van der Waals surface area contributed by atoms with Crippen molar-refractivity contribution < 1.29 is 19.1 Å². The van der Waals surface area contributed by atoms with Gasteiger partial charge in [-0.1, -0.05) is 56.3 Å². The number of hydrogen-bond acceptors (Lipinski definition) is 4. The van der Waals surface area contributed by atoms with E-state index >= 15 is 0 Å². The SMILES string of the molecule is CC(C)C(=O)C1=C(O)C(=O)N(Cc2ccco2)C1c1cccc2ccccc12. The molecule has 5 nitrogen and oxygen atoms in total. The first-order valence-electron chi connectivity index (χ1n) is 9.27. The van der Waals surface area contributed by atoms with Crippen molar-refractivity contribution in [2.45, 2.75) is 26.4 Å². The predicted octanol–water partition coefficient (Wildman–Crippen LogP) is 4.55. The molecule has 0 saturated carbocycles. The van der Waals surface area contributed by atoms with Crippen LogP contribution in [0.4, 0.5) is 0 Å². The summed E-state index contributed by atoms with van der Waals surface area (Å²) in [4.78, 5) is 27.4. The molecule has 0 aliphatic carbocycles. The van der Waals surface area contributed by atoms with Gasteiger partial charge in [0.1, 0.15) is 5.76 Å². The molecule has 1 aliphatic heterocycles. The van der Waals surface area contributed by atoms with E-state index in [0.717, 1.165) is 16.3 Å². The monoisotopic (exact) mass is 375 g/mol. The van der Waals surface area contributed by atoms with Crippen molar-refractivity contribution in [3.8, 4) is 0 Å². The summed E-state index contributed by atoms with van der Waals surface area (Å²) in [5.74, 6) is -1.01. The number of rotatable bonds is 5. The largest absolute Gasteiger partial charge is 0.503 e. The number of aliphatic hydroxyl groups is 1. The highest BCUT2D eigenvalue weighted by atomic mass is 16.3. The molecule has 4 rings (SSSR count). The van der Waals surface area contributed by atoms with Crippen molar-refractivity contribution >= 4 is 22.5 Å². The van der Waals surface area contributed by atoms with Gasteiger partial charge in [0.05, 0.1) is 24.4 Å². The van der Waals surface area contributed by atoms with Gasteiger partial charge in [-0.05, 0) is 28.5 Å². The number of amides is 1.